The number of anilines is 1. The van der Waals surface area contributed by atoms with Gasteiger partial charge in [0.15, 0.2) is 0 Å². The van der Waals surface area contributed by atoms with E-state index >= 15 is 0 Å². The van der Waals surface area contributed by atoms with Crippen molar-refractivity contribution in [2.75, 3.05) is 4.90 Å². The topological polar surface area (TPSA) is 89.4 Å². The van der Waals surface area contributed by atoms with Crippen molar-refractivity contribution >= 4 is 47.6 Å². The van der Waals surface area contributed by atoms with Crippen LogP contribution in [0.15, 0.2) is 55.1 Å². The molecule has 4 N–H and O–H groups in total. The Hall–Kier alpha value is -2.34. The molecule has 2 rings (SSSR count). The fourth-order valence-corrected chi connectivity index (χ4v) is 3.38. The van der Waals surface area contributed by atoms with Crippen molar-refractivity contribution in [3.05, 3.63) is 71.3 Å². The van der Waals surface area contributed by atoms with E-state index in [0.29, 0.717) is 23.6 Å². The summed E-state index contributed by atoms with van der Waals surface area (Å²) in [4.78, 5) is 27.2. The maximum atomic E-state index is 13.4. The number of primary amides is 1. The fourth-order valence-electron chi connectivity index (χ4n) is 3.26. The fraction of sp³-hybridized carbons (Fsp3) is 0.304. The molecular formula is C23H29Cl2N3O2. The van der Waals surface area contributed by atoms with Crippen molar-refractivity contribution in [3.63, 3.8) is 0 Å². The maximum absolute atomic E-state index is 13.4. The molecule has 0 saturated carbocycles. The van der Waals surface area contributed by atoms with Crippen molar-refractivity contribution in [3.8, 4) is 0 Å². The maximum Gasteiger partial charge on any atom is 0.245 e. The number of para-hydroxylation sites is 1. The second kappa shape index (κ2) is 11.7. The zero-order valence-corrected chi connectivity index (χ0v) is 18.8. The third kappa shape index (κ3) is 6.59. The summed E-state index contributed by atoms with van der Waals surface area (Å²) in [6.07, 6.45) is 2.39. The van der Waals surface area contributed by atoms with Crippen molar-refractivity contribution in [2.45, 2.75) is 38.8 Å². The number of amides is 2. The van der Waals surface area contributed by atoms with E-state index in [2.05, 4.69) is 6.58 Å². The first-order chi connectivity index (χ1) is 13.7. The van der Waals surface area contributed by atoms with Crippen molar-refractivity contribution in [1.82, 2.24) is 0 Å². The molecule has 0 aromatic heterocycles. The number of carbonyl (C=O) groups excluding carboxylic acids is 2. The van der Waals surface area contributed by atoms with E-state index < -0.39 is 18.0 Å². The van der Waals surface area contributed by atoms with Gasteiger partial charge in [-0.3, -0.25) is 14.5 Å². The third-order valence-corrected chi connectivity index (χ3v) is 4.93. The first-order valence-corrected chi connectivity index (χ1v) is 9.96. The van der Waals surface area contributed by atoms with Gasteiger partial charge in [0.1, 0.15) is 6.04 Å². The van der Waals surface area contributed by atoms with E-state index in [1.54, 1.807) is 30.3 Å². The molecule has 0 radical (unpaired) electrons. The lowest BCUT2D eigenvalue weighted by Gasteiger charge is -2.34. The molecule has 0 aliphatic carbocycles. The molecule has 2 aromatic carbocycles. The molecular weight excluding hydrogens is 421 g/mol. The second-order valence-electron chi connectivity index (χ2n) is 7.46. The van der Waals surface area contributed by atoms with Gasteiger partial charge in [-0.15, -0.1) is 12.4 Å². The monoisotopic (exact) mass is 449 g/mol. The minimum Gasteiger partial charge on any atom is -0.368 e. The van der Waals surface area contributed by atoms with E-state index in [1.807, 2.05) is 38.1 Å². The SMILES string of the molecule is C=Cc1ccccc1N(C(=O)C(N)Cc1ccc(Cl)cc1)C(CC(C)C)C(N)=O.Cl. The summed E-state index contributed by atoms with van der Waals surface area (Å²) in [5, 5.41) is 0.612. The van der Waals surface area contributed by atoms with Crippen LogP contribution in [0.1, 0.15) is 31.4 Å². The molecule has 2 aromatic rings. The Morgan fingerprint density at radius 3 is 2.27 bits per heavy atom. The molecule has 0 fully saturated rings. The molecule has 0 spiro atoms. The van der Waals surface area contributed by atoms with Gasteiger partial charge in [0.05, 0.1) is 11.7 Å². The van der Waals surface area contributed by atoms with Gasteiger partial charge in [0, 0.05) is 5.02 Å². The highest BCUT2D eigenvalue weighted by Crippen LogP contribution is 2.27. The van der Waals surface area contributed by atoms with Gasteiger partial charge in [0.25, 0.3) is 0 Å². The molecule has 0 heterocycles. The van der Waals surface area contributed by atoms with E-state index in [-0.39, 0.29) is 24.2 Å². The van der Waals surface area contributed by atoms with Gasteiger partial charge < -0.3 is 11.5 Å². The van der Waals surface area contributed by atoms with E-state index in [1.165, 1.54) is 4.90 Å². The van der Waals surface area contributed by atoms with E-state index in [4.69, 9.17) is 23.1 Å². The molecule has 30 heavy (non-hydrogen) atoms. The summed E-state index contributed by atoms with van der Waals surface area (Å²) in [5.74, 6) is -0.769. The summed E-state index contributed by atoms with van der Waals surface area (Å²) in [6.45, 7) is 7.78. The number of benzene rings is 2. The lowest BCUT2D eigenvalue weighted by molar-refractivity contribution is -0.125. The number of nitrogens with zero attached hydrogens (tertiary/aromatic N) is 1. The average molecular weight is 450 g/mol. The highest BCUT2D eigenvalue weighted by atomic mass is 35.5. The third-order valence-electron chi connectivity index (χ3n) is 4.67. The van der Waals surface area contributed by atoms with E-state index in [9.17, 15) is 9.59 Å². The zero-order chi connectivity index (χ0) is 21.6. The minimum atomic E-state index is -0.844. The zero-order valence-electron chi connectivity index (χ0n) is 17.3. The molecule has 2 atom stereocenters. The van der Waals surface area contributed by atoms with Crippen LogP contribution in [0.25, 0.3) is 6.08 Å². The number of halogens is 2. The highest BCUT2D eigenvalue weighted by Gasteiger charge is 2.34. The van der Waals surface area contributed by atoms with Crippen molar-refractivity contribution in [2.24, 2.45) is 17.4 Å². The van der Waals surface area contributed by atoms with Crippen molar-refractivity contribution < 1.29 is 9.59 Å². The molecule has 162 valence electrons. The molecule has 0 saturated heterocycles. The largest absolute Gasteiger partial charge is 0.368 e. The number of nitrogens with two attached hydrogens (primary N) is 2. The lowest BCUT2D eigenvalue weighted by atomic mass is 9.97. The van der Waals surface area contributed by atoms with E-state index in [0.717, 1.165) is 11.1 Å². The van der Waals surface area contributed by atoms with Crippen LogP contribution in [-0.4, -0.2) is 23.9 Å². The van der Waals surface area contributed by atoms with Gasteiger partial charge in [-0.05, 0) is 48.1 Å². The number of hydrogen-bond acceptors (Lipinski definition) is 3. The quantitative estimate of drug-likeness (QED) is 0.600. The van der Waals surface area contributed by atoms with Crippen LogP contribution in [0.2, 0.25) is 5.02 Å². The predicted octanol–water partition coefficient (Wildman–Crippen LogP) is 4.21. The Labute approximate surface area is 189 Å². The summed E-state index contributed by atoms with van der Waals surface area (Å²) in [5.41, 5.74) is 14.2. The molecule has 0 aliphatic heterocycles. The Morgan fingerprint density at radius 1 is 1.13 bits per heavy atom. The summed E-state index contributed by atoms with van der Waals surface area (Å²) in [7, 11) is 0. The molecule has 5 nitrogen and oxygen atoms in total. The lowest BCUT2D eigenvalue weighted by Crippen LogP contribution is -2.54. The average Bonchev–Trinajstić information content (AvgIpc) is 2.69. The standard InChI is InChI=1S/C23H28ClN3O2.ClH/c1-4-17-7-5-6-8-20(17)27(21(22(26)28)13-15(2)3)23(29)19(25)14-16-9-11-18(24)12-10-16;/h4-12,15,19,21H,1,13-14,25H2,2-3H3,(H2,26,28);1H. The van der Waals surface area contributed by atoms with Crippen LogP contribution in [-0.2, 0) is 16.0 Å². The van der Waals surface area contributed by atoms with Gasteiger partial charge in [-0.2, -0.15) is 0 Å². The second-order valence-corrected chi connectivity index (χ2v) is 7.89. The summed E-state index contributed by atoms with van der Waals surface area (Å²) >= 11 is 5.93. The minimum absolute atomic E-state index is 0. The molecule has 2 unspecified atom stereocenters. The van der Waals surface area contributed by atoms with Crippen molar-refractivity contribution in [1.29, 1.82) is 0 Å². The first-order valence-electron chi connectivity index (χ1n) is 9.58. The Balaban J connectivity index is 0.00000450. The van der Waals surface area contributed by atoms with Crippen LogP contribution in [0.3, 0.4) is 0 Å². The molecule has 2 amide bonds. The van der Waals surface area contributed by atoms with Gasteiger partial charge in [-0.1, -0.05) is 68.4 Å². The predicted molar refractivity (Wildman–Crippen MR) is 127 cm³/mol. The van der Waals surface area contributed by atoms with Crippen LogP contribution >= 0.6 is 24.0 Å². The smallest absolute Gasteiger partial charge is 0.245 e. The normalized spacial score (nSPS) is 12.6. The Kier molecular flexibility index (Phi) is 10.1. The molecule has 0 bridgehead atoms. The van der Waals surface area contributed by atoms with Crippen LogP contribution < -0.4 is 16.4 Å². The number of hydrogen-bond donors (Lipinski definition) is 2. The van der Waals surface area contributed by atoms with Gasteiger partial charge >= 0.3 is 0 Å². The van der Waals surface area contributed by atoms with Gasteiger partial charge in [0.2, 0.25) is 11.8 Å². The van der Waals surface area contributed by atoms with Crippen LogP contribution in [0.4, 0.5) is 5.69 Å². The summed E-state index contributed by atoms with van der Waals surface area (Å²) in [6, 6.07) is 12.8. The Bertz CT molecular complexity index is 869. The molecule has 0 aliphatic rings. The molecule has 7 heteroatoms. The van der Waals surface area contributed by atoms with Gasteiger partial charge in [-0.25, -0.2) is 0 Å². The first kappa shape index (κ1) is 25.7. The van der Waals surface area contributed by atoms with Crippen LogP contribution in [0.5, 0.6) is 0 Å². The Morgan fingerprint density at radius 2 is 1.73 bits per heavy atom. The van der Waals surface area contributed by atoms with Crippen LogP contribution in [0, 0.1) is 5.92 Å². The highest BCUT2D eigenvalue weighted by molar-refractivity contribution is 6.30. The summed E-state index contributed by atoms with van der Waals surface area (Å²) < 4.78 is 0. The number of rotatable bonds is 9. The number of carbonyl (C=O) groups is 2.